The van der Waals surface area contributed by atoms with Gasteiger partial charge in [0, 0.05) is 29.7 Å². The Kier molecular flexibility index (Phi) is 4.71. The van der Waals surface area contributed by atoms with Gasteiger partial charge in [-0.25, -0.2) is 4.98 Å². The van der Waals surface area contributed by atoms with Crippen LogP contribution in [0.15, 0.2) is 43.0 Å². The molecule has 1 aromatic heterocycles. The van der Waals surface area contributed by atoms with E-state index in [4.69, 9.17) is 0 Å². The molecule has 0 aliphatic heterocycles. The predicted octanol–water partition coefficient (Wildman–Crippen LogP) is 1.13. The fraction of sp³-hybridized carbons (Fsp3) is 0.267. The fourth-order valence-electron chi connectivity index (χ4n) is 1.83. The van der Waals surface area contributed by atoms with Crippen LogP contribution in [0.25, 0.3) is 5.69 Å². The molecule has 0 atom stereocenters. The molecule has 0 aliphatic carbocycles. The number of nitrogens with zero attached hydrogens (tertiary/aromatic N) is 2. The first-order valence-corrected chi connectivity index (χ1v) is 6.72. The minimum Gasteiger partial charge on any atom is -0.352 e. The van der Waals surface area contributed by atoms with E-state index in [-0.39, 0.29) is 24.4 Å². The zero-order chi connectivity index (χ0) is 15.2. The third-order valence-electron chi connectivity index (χ3n) is 2.79. The van der Waals surface area contributed by atoms with Gasteiger partial charge in [-0.2, -0.15) is 0 Å². The van der Waals surface area contributed by atoms with Gasteiger partial charge >= 0.3 is 0 Å². The molecule has 6 heteroatoms. The van der Waals surface area contributed by atoms with Crippen LogP contribution in [0, 0.1) is 0 Å². The summed E-state index contributed by atoms with van der Waals surface area (Å²) in [6, 6.07) is 7.13. The lowest BCUT2D eigenvalue weighted by molar-refractivity contribution is -0.120. The quantitative estimate of drug-likeness (QED) is 0.865. The van der Waals surface area contributed by atoms with Crippen molar-refractivity contribution in [2.45, 2.75) is 19.9 Å². The van der Waals surface area contributed by atoms with Crippen LogP contribution in [-0.2, 0) is 4.79 Å². The number of nitrogens with one attached hydrogen (secondary N) is 2. The molecule has 2 amide bonds. The zero-order valence-electron chi connectivity index (χ0n) is 12.0. The summed E-state index contributed by atoms with van der Waals surface area (Å²) in [6.45, 7) is 3.71. The van der Waals surface area contributed by atoms with Crippen LogP contribution in [0.4, 0.5) is 0 Å². The van der Waals surface area contributed by atoms with Crippen molar-refractivity contribution in [3.05, 3.63) is 48.5 Å². The first kappa shape index (κ1) is 14.8. The smallest absolute Gasteiger partial charge is 0.251 e. The lowest BCUT2D eigenvalue weighted by Gasteiger charge is -2.09. The summed E-state index contributed by atoms with van der Waals surface area (Å²) in [6.07, 6.45) is 5.20. The molecule has 0 saturated carbocycles. The summed E-state index contributed by atoms with van der Waals surface area (Å²) < 4.78 is 1.85. The van der Waals surface area contributed by atoms with E-state index in [1.165, 1.54) is 0 Å². The molecule has 1 aromatic carbocycles. The van der Waals surface area contributed by atoms with E-state index in [9.17, 15) is 9.59 Å². The number of rotatable bonds is 5. The lowest BCUT2D eigenvalue weighted by atomic mass is 10.2. The molecule has 0 aliphatic rings. The summed E-state index contributed by atoms with van der Waals surface area (Å²) in [5.74, 6) is -0.473. The molecule has 6 nitrogen and oxygen atoms in total. The number of hydrogen-bond donors (Lipinski definition) is 2. The highest BCUT2D eigenvalue weighted by Crippen LogP contribution is 2.09. The van der Waals surface area contributed by atoms with Gasteiger partial charge in [-0.3, -0.25) is 9.59 Å². The lowest BCUT2D eigenvalue weighted by Crippen LogP contribution is -2.39. The molecule has 0 radical (unpaired) electrons. The first-order valence-electron chi connectivity index (χ1n) is 6.72. The van der Waals surface area contributed by atoms with Crippen molar-refractivity contribution in [3.8, 4) is 5.69 Å². The molecule has 0 bridgehead atoms. The van der Waals surface area contributed by atoms with Crippen molar-refractivity contribution in [1.82, 2.24) is 20.2 Å². The average Bonchev–Trinajstić information content (AvgIpc) is 2.98. The largest absolute Gasteiger partial charge is 0.352 e. The van der Waals surface area contributed by atoms with Gasteiger partial charge in [0.1, 0.15) is 0 Å². The number of carbonyl (C=O) groups excluding carboxylic acids is 2. The van der Waals surface area contributed by atoms with Gasteiger partial charge in [-0.15, -0.1) is 0 Å². The van der Waals surface area contributed by atoms with Gasteiger partial charge in [0.05, 0.1) is 12.9 Å². The highest BCUT2D eigenvalue weighted by molar-refractivity contribution is 5.96. The number of carbonyl (C=O) groups is 2. The standard InChI is InChI=1S/C15H18N4O2/c1-11(2)18-14(20)9-17-15(21)12-3-5-13(6-4-12)19-8-7-16-10-19/h3-8,10-11H,9H2,1-2H3,(H,17,21)(H,18,20). The molecule has 2 rings (SSSR count). The normalized spacial score (nSPS) is 10.4. The van der Waals surface area contributed by atoms with Gasteiger partial charge in [-0.05, 0) is 38.1 Å². The second kappa shape index (κ2) is 6.69. The fourth-order valence-corrected chi connectivity index (χ4v) is 1.83. The second-order valence-electron chi connectivity index (χ2n) is 4.92. The molecule has 2 aromatic rings. The maximum Gasteiger partial charge on any atom is 0.251 e. The zero-order valence-corrected chi connectivity index (χ0v) is 12.0. The molecular weight excluding hydrogens is 268 g/mol. The Morgan fingerprint density at radius 1 is 1.24 bits per heavy atom. The van der Waals surface area contributed by atoms with Gasteiger partial charge in [0.25, 0.3) is 5.91 Å². The minimum atomic E-state index is -0.272. The summed E-state index contributed by atoms with van der Waals surface area (Å²) in [5, 5.41) is 5.30. The molecule has 0 unspecified atom stereocenters. The molecule has 1 heterocycles. The predicted molar refractivity (Wildman–Crippen MR) is 79.2 cm³/mol. The summed E-state index contributed by atoms with van der Waals surface area (Å²) in [4.78, 5) is 27.4. The van der Waals surface area contributed by atoms with Crippen LogP contribution in [0.3, 0.4) is 0 Å². The average molecular weight is 286 g/mol. The number of imidazole rings is 1. The molecule has 0 spiro atoms. The first-order chi connectivity index (χ1) is 10.1. The Morgan fingerprint density at radius 2 is 1.95 bits per heavy atom. The Morgan fingerprint density at radius 3 is 2.52 bits per heavy atom. The summed E-state index contributed by atoms with van der Waals surface area (Å²) in [5.41, 5.74) is 1.43. The van der Waals surface area contributed by atoms with E-state index in [0.29, 0.717) is 5.56 Å². The van der Waals surface area contributed by atoms with Gasteiger partial charge in [0.2, 0.25) is 5.91 Å². The second-order valence-corrected chi connectivity index (χ2v) is 4.92. The van der Waals surface area contributed by atoms with Crippen LogP contribution in [0.1, 0.15) is 24.2 Å². The minimum absolute atomic E-state index is 0.0275. The van der Waals surface area contributed by atoms with Crippen LogP contribution >= 0.6 is 0 Å². The Balaban J connectivity index is 1.93. The van der Waals surface area contributed by atoms with E-state index >= 15 is 0 Å². The van der Waals surface area contributed by atoms with E-state index < -0.39 is 0 Å². The Hall–Kier alpha value is -2.63. The molecular formula is C15H18N4O2. The molecule has 0 saturated heterocycles. The summed E-state index contributed by atoms with van der Waals surface area (Å²) in [7, 11) is 0. The number of aromatic nitrogens is 2. The number of hydrogen-bond acceptors (Lipinski definition) is 3. The molecule has 110 valence electrons. The van der Waals surface area contributed by atoms with Crippen LogP contribution < -0.4 is 10.6 Å². The highest BCUT2D eigenvalue weighted by atomic mass is 16.2. The maximum atomic E-state index is 11.9. The van der Waals surface area contributed by atoms with Crippen molar-refractivity contribution >= 4 is 11.8 Å². The third-order valence-corrected chi connectivity index (χ3v) is 2.79. The monoisotopic (exact) mass is 286 g/mol. The van der Waals surface area contributed by atoms with E-state index in [1.54, 1.807) is 24.7 Å². The summed E-state index contributed by atoms with van der Waals surface area (Å²) >= 11 is 0. The van der Waals surface area contributed by atoms with E-state index in [1.807, 2.05) is 36.7 Å². The van der Waals surface area contributed by atoms with Gasteiger partial charge in [-0.1, -0.05) is 0 Å². The Bertz CT molecular complexity index is 603. The van der Waals surface area contributed by atoms with Crippen LogP contribution in [0.5, 0.6) is 0 Å². The maximum absolute atomic E-state index is 11.9. The van der Waals surface area contributed by atoms with Gasteiger partial charge in [0.15, 0.2) is 0 Å². The van der Waals surface area contributed by atoms with Crippen molar-refractivity contribution in [1.29, 1.82) is 0 Å². The van der Waals surface area contributed by atoms with Crippen molar-refractivity contribution < 1.29 is 9.59 Å². The molecule has 0 fully saturated rings. The van der Waals surface area contributed by atoms with Crippen molar-refractivity contribution in [2.75, 3.05) is 6.54 Å². The topological polar surface area (TPSA) is 76.0 Å². The van der Waals surface area contributed by atoms with Gasteiger partial charge < -0.3 is 15.2 Å². The van der Waals surface area contributed by atoms with Crippen molar-refractivity contribution in [2.24, 2.45) is 0 Å². The molecule has 2 N–H and O–H groups in total. The van der Waals surface area contributed by atoms with Crippen molar-refractivity contribution in [3.63, 3.8) is 0 Å². The molecule has 21 heavy (non-hydrogen) atoms. The number of benzene rings is 1. The Labute approximate surface area is 123 Å². The van der Waals surface area contributed by atoms with Crippen LogP contribution in [-0.4, -0.2) is 34.0 Å². The number of amides is 2. The highest BCUT2D eigenvalue weighted by Gasteiger charge is 2.08. The third kappa shape index (κ3) is 4.17. The van der Waals surface area contributed by atoms with E-state index in [2.05, 4.69) is 15.6 Å². The van der Waals surface area contributed by atoms with E-state index in [0.717, 1.165) is 5.69 Å². The van der Waals surface area contributed by atoms with Crippen LogP contribution in [0.2, 0.25) is 0 Å². The SMILES string of the molecule is CC(C)NC(=O)CNC(=O)c1ccc(-n2ccnc2)cc1.